The molecular weight excluding hydrogens is 409 g/mol. The van der Waals surface area contributed by atoms with Gasteiger partial charge in [-0.05, 0) is 66.9 Å². The van der Waals surface area contributed by atoms with Crippen molar-refractivity contribution in [2.75, 3.05) is 18.4 Å². The number of aromatic nitrogens is 1. The van der Waals surface area contributed by atoms with E-state index in [1.807, 2.05) is 33.7 Å². The van der Waals surface area contributed by atoms with Gasteiger partial charge >= 0.3 is 0 Å². The maximum absolute atomic E-state index is 13.8. The summed E-state index contributed by atoms with van der Waals surface area (Å²) in [5.41, 5.74) is 2.77. The van der Waals surface area contributed by atoms with E-state index in [2.05, 4.69) is 5.32 Å². The second-order valence-corrected chi connectivity index (χ2v) is 7.95. The van der Waals surface area contributed by atoms with E-state index < -0.39 is 0 Å². The molecule has 0 saturated carbocycles. The Balaban J connectivity index is 1.53. The van der Waals surface area contributed by atoms with Crippen molar-refractivity contribution in [1.82, 2.24) is 9.47 Å². The van der Waals surface area contributed by atoms with E-state index in [1.54, 1.807) is 24.3 Å². The fourth-order valence-corrected chi connectivity index (χ4v) is 4.20. The van der Waals surface area contributed by atoms with Gasteiger partial charge in [0.15, 0.2) is 5.76 Å². The van der Waals surface area contributed by atoms with Crippen LogP contribution in [0.4, 0.5) is 10.1 Å². The molecule has 0 aliphatic carbocycles. The third-order valence-corrected chi connectivity index (χ3v) is 5.75. The Morgan fingerprint density at radius 3 is 2.59 bits per heavy atom. The average Bonchev–Trinajstić information content (AvgIpc) is 3.55. The topological polar surface area (TPSA) is 67.5 Å². The number of likely N-dealkylation sites (tertiary alicyclic amines) is 1. The van der Waals surface area contributed by atoms with Gasteiger partial charge in [-0.15, -0.1) is 0 Å². The van der Waals surface area contributed by atoms with Crippen LogP contribution in [-0.2, 0) is 6.54 Å². The lowest BCUT2D eigenvalue weighted by Gasteiger charge is -2.17. The molecule has 4 aromatic rings. The molecule has 2 aromatic carbocycles. The van der Waals surface area contributed by atoms with Crippen LogP contribution in [0.2, 0.25) is 0 Å². The Kier molecular flexibility index (Phi) is 5.23. The van der Waals surface area contributed by atoms with E-state index in [4.69, 9.17) is 4.42 Å². The van der Waals surface area contributed by atoms with E-state index in [0.717, 1.165) is 42.4 Å². The second-order valence-electron chi connectivity index (χ2n) is 7.95. The smallest absolute Gasteiger partial charge is 0.291 e. The third-order valence-electron chi connectivity index (χ3n) is 5.75. The first-order valence-corrected chi connectivity index (χ1v) is 10.6. The van der Waals surface area contributed by atoms with Gasteiger partial charge in [-0.25, -0.2) is 4.39 Å². The summed E-state index contributed by atoms with van der Waals surface area (Å²) in [4.78, 5) is 27.5. The van der Waals surface area contributed by atoms with E-state index >= 15 is 0 Å². The number of halogens is 1. The largest absolute Gasteiger partial charge is 0.459 e. The molecule has 1 saturated heterocycles. The monoisotopic (exact) mass is 431 g/mol. The van der Waals surface area contributed by atoms with Gasteiger partial charge in [0.25, 0.3) is 11.8 Å². The number of rotatable bonds is 5. The molecule has 0 unspecified atom stereocenters. The summed E-state index contributed by atoms with van der Waals surface area (Å²) in [6.07, 6.45) is 3.44. The molecule has 2 aromatic heterocycles. The average molecular weight is 431 g/mol. The van der Waals surface area contributed by atoms with Crippen molar-refractivity contribution in [3.63, 3.8) is 0 Å². The van der Waals surface area contributed by atoms with E-state index in [-0.39, 0.29) is 23.4 Å². The van der Waals surface area contributed by atoms with Gasteiger partial charge in [-0.3, -0.25) is 9.59 Å². The molecule has 32 heavy (non-hydrogen) atoms. The number of hydrogen-bond acceptors (Lipinski definition) is 3. The third kappa shape index (κ3) is 3.89. The Labute approximate surface area is 184 Å². The zero-order valence-electron chi connectivity index (χ0n) is 17.4. The summed E-state index contributed by atoms with van der Waals surface area (Å²) in [5, 5.41) is 3.64. The lowest BCUT2D eigenvalue weighted by molar-refractivity contribution is 0.0783. The molecule has 0 spiro atoms. The number of anilines is 1. The highest BCUT2D eigenvalue weighted by Crippen LogP contribution is 2.27. The quantitative estimate of drug-likeness (QED) is 0.488. The molecule has 5 rings (SSSR count). The molecule has 1 N–H and O–H groups in total. The summed E-state index contributed by atoms with van der Waals surface area (Å²) in [5.74, 6) is -0.467. The van der Waals surface area contributed by atoms with Gasteiger partial charge in [-0.1, -0.05) is 12.1 Å². The molecule has 1 fully saturated rings. The number of benzene rings is 2. The van der Waals surface area contributed by atoms with Crippen LogP contribution in [0.5, 0.6) is 0 Å². The van der Waals surface area contributed by atoms with E-state index in [9.17, 15) is 14.0 Å². The Hall–Kier alpha value is -3.87. The summed E-state index contributed by atoms with van der Waals surface area (Å²) in [6, 6.07) is 17.0. The van der Waals surface area contributed by atoms with Gasteiger partial charge in [0, 0.05) is 36.2 Å². The SMILES string of the molecule is O=C(Nc1ccc2c(c1)cc(C(=O)N1CCCC1)n2Cc1cccc(F)c1)c1ccco1. The standard InChI is InChI=1S/C25H22FN3O3/c26-19-6-3-5-17(13-19)16-29-21-9-8-20(27-24(30)23-7-4-12-32-23)14-18(21)15-22(29)25(31)28-10-1-2-11-28/h3-9,12-15H,1-2,10-11,16H2,(H,27,30). The van der Waals surface area contributed by atoms with Crippen LogP contribution in [-0.4, -0.2) is 34.4 Å². The van der Waals surface area contributed by atoms with Crippen molar-refractivity contribution < 1.29 is 18.4 Å². The van der Waals surface area contributed by atoms with Crippen LogP contribution in [0.15, 0.2) is 71.3 Å². The van der Waals surface area contributed by atoms with Crippen molar-refractivity contribution >= 4 is 28.4 Å². The van der Waals surface area contributed by atoms with Crippen LogP contribution in [0.25, 0.3) is 10.9 Å². The van der Waals surface area contributed by atoms with E-state index in [1.165, 1.54) is 18.4 Å². The summed E-state index contributed by atoms with van der Waals surface area (Å²) in [7, 11) is 0. The van der Waals surface area contributed by atoms with Crippen LogP contribution >= 0.6 is 0 Å². The van der Waals surface area contributed by atoms with Crippen LogP contribution in [0.3, 0.4) is 0 Å². The summed E-state index contributed by atoms with van der Waals surface area (Å²) < 4.78 is 20.8. The number of furan rings is 1. The van der Waals surface area contributed by atoms with Gasteiger partial charge in [0.1, 0.15) is 11.5 Å². The van der Waals surface area contributed by atoms with Crippen molar-refractivity contribution in [1.29, 1.82) is 0 Å². The maximum atomic E-state index is 13.8. The predicted octanol–water partition coefficient (Wildman–Crippen LogP) is 4.91. The maximum Gasteiger partial charge on any atom is 0.291 e. The highest BCUT2D eigenvalue weighted by Gasteiger charge is 2.24. The van der Waals surface area contributed by atoms with Gasteiger partial charge in [-0.2, -0.15) is 0 Å². The Bertz CT molecular complexity index is 1290. The summed E-state index contributed by atoms with van der Waals surface area (Å²) in [6.45, 7) is 1.85. The lowest BCUT2D eigenvalue weighted by Crippen LogP contribution is -2.29. The minimum absolute atomic E-state index is 0.0312. The number of nitrogens with zero attached hydrogens (tertiary/aromatic N) is 2. The normalized spacial score (nSPS) is 13.6. The van der Waals surface area contributed by atoms with Crippen LogP contribution in [0, 0.1) is 5.82 Å². The number of nitrogens with one attached hydrogen (secondary N) is 1. The molecule has 7 heteroatoms. The summed E-state index contributed by atoms with van der Waals surface area (Å²) >= 11 is 0. The number of carbonyl (C=O) groups is 2. The first-order valence-electron chi connectivity index (χ1n) is 10.6. The Morgan fingerprint density at radius 2 is 1.84 bits per heavy atom. The molecule has 0 bridgehead atoms. The molecule has 6 nitrogen and oxygen atoms in total. The lowest BCUT2D eigenvalue weighted by atomic mass is 10.2. The zero-order valence-corrected chi connectivity index (χ0v) is 17.4. The van der Waals surface area contributed by atoms with Crippen LogP contribution < -0.4 is 5.32 Å². The van der Waals surface area contributed by atoms with Crippen LogP contribution in [0.1, 0.15) is 39.4 Å². The highest BCUT2D eigenvalue weighted by molar-refractivity contribution is 6.04. The van der Waals surface area contributed by atoms with E-state index in [0.29, 0.717) is 17.9 Å². The molecule has 2 amide bonds. The Morgan fingerprint density at radius 1 is 1.00 bits per heavy atom. The van der Waals surface area contributed by atoms with Gasteiger partial charge < -0.3 is 19.2 Å². The van der Waals surface area contributed by atoms with Gasteiger partial charge in [0.2, 0.25) is 0 Å². The fraction of sp³-hybridized carbons (Fsp3) is 0.200. The minimum atomic E-state index is -0.345. The number of fused-ring (bicyclic) bond motifs is 1. The minimum Gasteiger partial charge on any atom is -0.459 e. The molecule has 0 atom stereocenters. The molecule has 162 valence electrons. The molecule has 3 heterocycles. The number of hydrogen-bond donors (Lipinski definition) is 1. The fourth-order valence-electron chi connectivity index (χ4n) is 4.20. The van der Waals surface area contributed by atoms with Crippen molar-refractivity contribution in [3.05, 3.63) is 89.8 Å². The van der Waals surface area contributed by atoms with Gasteiger partial charge in [0.05, 0.1) is 6.26 Å². The second kappa shape index (κ2) is 8.34. The van der Waals surface area contributed by atoms with Crippen molar-refractivity contribution in [3.8, 4) is 0 Å². The molecule has 1 aliphatic rings. The first-order chi connectivity index (χ1) is 15.6. The van der Waals surface area contributed by atoms with Crippen molar-refractivity contribution in [2.24, 2.45) is 0 Å². The molecule has 0 radical (unpaired) electrons. The zero-order chi connectivity index (χ0) is 22.1. The first kappa shape index (κ1) is 20.1. The highest BCUT2D eigenvalue weighted by atomic mass is 19.1. The molecule has 1 aliphatic heterocycles. The predicted molar refractivity (Wildman–Crippen MR) is 119 cm³/mol. The number of amides is 2. The van der Waals surface area contributed by atoms with Crippen molar-refractivity contribution in [2.45, 2.75) is 19.4 Å². The molecular formula is C25H22FN3O3. The number of carbonyl (C=O) groups excluding carboxylic acids is 2.